The van der Waals surface area contributed by atoms with Gasteiger partial charge in [-0.2, -0.15) is 21.0 Å². The molecule has 0 N–H and O–H groups in total. The highest BCUT2D eigenvalue weighted by atomic mass is 31.2. The van der Waals surface area contributed by atoms with E-state index >= 15 is 0 Å². The van der Waals surface area contributed by atoms with E-state index in [1.54, 1.807) is 0 Å². The van der Waals surface area contributed by atoms with Gasteiger partial charge >= 0.3 is 0 Å². The minimum atomic E-state index is -2.66. The maximum absolute atomic E-state index is 13.5. The van der Waals surface area contributed by atoms with Crippen LogP contribution >= 0.6 is 21.4 Å². The van der Waals surface area contributed by atoms with Crippen LogP contribution in [0.4, 0.5) is 0 Å². The smallest absolute Gasteiger partial charge is 0.0897 e. The number of hydrogen-bond donors (Lipinski definition) is 0. The molecule has 0 radical (unpaired) electrons. The Labute approximate surface area is 187 Å². The molecule has 31 heavy (non-hydrogen) atoms. The molecule has 172 valence electrons. The van der Waals surface area contributed by atoms with Crippen LogP contribution < -0.4 is 0 Å². The highest BCUT2D eigenvalue weighted by Crippen LogP contribution is 2.54. The standard InChI is InChI=1S/C21H35N4O3P3/c1-2-13-29(26,14-3-9-22)18-7-20-31(28,17-6-12-25)21-8-19-30(27,15-4-10-23)16-5-11-24/h2-8,13-21H2,1H3. The zero-order valence-electron chi connectivity index (χ0n) is 18.7. The third-order valence-corrected chi connectivity index (χ3v) is 15.4. The first kappa shape index (κ1) is 29.7. The molecule has 0 amide bonds. The highest BCUT2D eigenvalue weighted by molar-refractivity contribution is 7.65. The van der Waals surface area contributed by atoms with Crippen LogP contribution in [0, 0.1) is 45.3 Å². The number of hydrogen-bond acceptors (Lipinski definition) is 7. The van der Waals surface area contributed by atoms with Gasteiger partial charge in [-0.3, -0.25) is 0 Å². The first-order valence-electron chi connectivity index (χ1n) is 10.9. The summed E-state index contributed by atoms with van der Waals surface area (Å²) >= 11 is 0. The van der Waals surface area contributed by atoms with Gasteiger partial charge in [-0.15, -0.1) is 0 Å². The van der Waals surface area contributed by atoms with Crippen molar-refractivity contribution in [2.45, 2.75) is 51.9 Å². The molecule has 0 aliphatic rings. The van der Waals surface area contributed by atoms with Crippen molar-refractivity contribution in [2.24, 2.45) is 0 Å². The SMILES string of the molecule is CCCP(=O)(CCC#N)CCCP(=O)(CCC#N)CCCP(=O)(CCC#N)CCC#N. The van der Waals surface area contributed by atoms with Crippen molar-refractivity contribution >= 4 is 21.4 Å². The molecule has 0 aromatic rings. The van der Waals surface area contributed by atoms with Crippen molar-refractivity contribution in [1.29, 1.82) is 21.0 Å². The fourth-order valence-electron chi connectivity index (χ4n) is 3.72. The van der Waals surface area contributed by atoms with Gasteiger partial charge in [-0.1, -0.05) is 6.92 Å². The van der Waals surface area contributed by atoms with Crippen LogP contribution in [0.15, 0.2) is 0 Å². The van der Waals surface area contributed by atoms with Crippen LogP contribution in [0.25, 0.3) is 0 Å². The lowest BCUT2D eigenvalue weighted by molar-refractivity contribution is 0.567. The van der Waals surface area contributed by atoms with Crippen molar-refractivity contribution in [3.05, 3.63) is 0 Å². The maximum Gasteiger partial charge on any atom is 0.0897 e. The molecule has 2 unspecified atom stereocenters. The van der Waals surface area contributed by atoms with Gasteiger partial charge < -0.3 is 13.7 Å². The lowest BCUT2D eigenvalue weighted by atomic mass is 10.5. The van der Waals surface area contributed by atoms with E-state index in [1.807, 2.05) is 19.1 Å². The maximum atomic E-state index is 13.5. The van der Waals surface area contributed by atoms with E-state index in [0.717, 1.165) is 6.42 Å². The fraction of sp³-hybridized carbons (Fsp3) is 0.810. The molecule has 0 rings (SSSR count). The summed E-state index contributed by atoms with van der Waals surface area (Å²) < 4.78 is 39.5. The highest BCUT2D eigenvalue weighted by Gasteiger charge is 2.27. The second-order valence-electron chi connectivity index (χ2n) is 8.03. The second kappa shape index (κ2) is 16.3. The third kappa shape index (κ3) is 13.6. The number of nitrogens with zero attached hydrogens (tertiary/aromatic N) is 4. The predicted octanol–water partition coefficient (Wildman–Crippen LogP) is 5.92. The van der Waals surface area contributed by atoms with Gasteiger partial charge in [-0.05, 0) is 19.3 Å². The lowest BCUT2D eigenvalue weighted by Crippen LogP contribution is -2.08. The molecule has 0 aromatic heterocycles. The van der Waals surface area contributed by atoms with Gasteiger partial charge in [0.2, 0.25) is 0 Å². The zero-order valence-corrected chi connectivity index (χ0v) is 21.4. The molecule has 0 saturated carbocycles. The van der Waals surface area contributed by atoms with Crippen LogP contribution in [0.1, 0.15) is 51.9 Å². The van der Waals surface area contributed by atoms with E-state index in [2.05, 4.69) is 12.1 Å². The molecule has 0 spiro atoms. The van der Waals surface area contributed by atoms with Gasteiger partial charge in [0, 0.05) is 81.1 Å². The molecule has 10 heteroatoms. The largest absolute Gasteiger partial charge is 0.324 e. The van der Waals surface area contributed by atoms with Crippen LogP contribution in [0.3, 0.4) is 0 Å². The Balaban J connectivity index is 5.00. The first-order chi connectivity index (χ1) is 14.7. The number of nitriles is 4. The molecular formula is C21H35N4O3P3. The topological polar surface area (TPSA) is 146 Å². The molecule has 0 aliphatic heterocycles. The molecule has 0 saturated heterocycles. The van der Waals surface area contributed by atoms with Crippen LogP contribution in [-0.2, 0) is 13.7 Å². The van der Waals surface area contributed by atoms with Crippen molar-refractivity contribution < 1.29 is 13.7 Å². The van der Waals surface area contributed by atoms with E-state index in [9.17, 15) is 13.7 Å². The van der Waals surface area contributed by atoms with Gasteiger partial charge in [0.15, 0.2) is 0 Å². The third-order valence-electron chi connectivity index (χ3n) is 5.42. The minimum absolute atomic E-state index is 0.185. The molecule has 0 aromatic carbocycles. The Bertz CT molecular complexity index is 824. The summed E-state index contributed by atoms with van der Waals surface area (Å²) in [5.41, 5.74) is 0. The van der Waals surface area contributed by atoms with E-state index in [0.29, 0.717) is 56.0 Å². The van der Waals surface area contributed by atoms with Gasteiger partial charge in [0.25, 0.3) is 0 Å². The Morgan fingerprint density at radius 1 is 0.484 bits per heavy atom. The van der Waals surface area contributed by atoms with Crippen molar-refractivity contribution in [2.75, 3.05) is 55.5 Å². The average Bonchev–Trinajstić information content (AvgIpc) is 2.74. The summed E-state index contributed by atoms with van der Waals surface area (Å²) in [6, 6.07) is 8.13. The Hall–Kier alpha value is -1.35. The van der Waals surface area contributed by atoms with Crippen LogP contribution in [0.5, 0.6) is 0 Å². The Morgan fingerprint density at radius 2 is 0.742 bits per heavy atom. The van der Waals surface area contributed by atoms with E-state index < -0.39 is 21.4 Å². The average molecular weight is 484 g/mol. The fourth-order valence-corrected chi connectivity index (χ4v) is 12.0. The van der Waals surface area contributed by atoms with Crippen LogP contribution in [-0.4, -0.2) is 55.5 Å². The summed E-state index contributed by atoms with van der Waals surface area (Å²) in [6.07, 6.45) is 6.16. The van der Waals surface area contributed by atoms with Crippen LogP contribution in [0.2, 0.25) is 0 Å². The summed E-state index contributed by atoms with van der Waals surface area (Å²) in [5.74, 6) is 0. The monoisotopic (exact) mass is 484 g/mol. The molecule has 0 heterocycles. The molecule has 7 nitrogen and oxygen atoms in total. The predicted molar refractivity (Wildman–Crippen MR) is 127 cm³/mol. The second-order valence-corrected chi connectivity index (χ2v) is 18.4. The quantitative estimate of drug-likeness (QED) is 0.219. The van der Waals surface area contributed by atoms with Crippen molar-refractivity contribution in [3.8, 4) is 24.3 Å². The molecule has 0 fully saturated rings. The van der Waals surface area contributed by atoms with Gasteiger partial charge in [-0.25, -0.2) is 0 Å². The lowest BCUT2D eigenvalue weighted by Gasteiger charge is -2.22. The summed E-state index contributed by atoms with van der Waals surface area (Å²) in [4.78, 5) is 0. The molecular weight excluding hydrogens is 449 g/mol. The summed E-state index contributed by atoms with van der Waals surface area (Å²) in [7, 11) is -7.75. The van der Waals surface area contributed by atoms with E-state index in [4.69, 9.17) is 21.0 Å². The van der Waals surface area contributed by atoms with Gasteiger partial charge in [0.05, 0.1) is 45.7 Å². The molecule has 2 atom stereocenters. The van der Waals surface area contributed by atoms with Gasteiger partial charge in [0.1, 0.15) is 0 Å². The molecule has 0 aliphatic carbocycles. The first-order valence-corrected chi connectivity index (χ1v) is 17.7. The number of rotatable bonds is 18. The summed E-state index contributed by atoms with van der Waals surface area (Å²) in [6.45, 7) is 1.97. The minimum Gasteiger partial charge on any atom is -0.324 e. The molecule has 0 bridgehead atoms. The summed E-state index contributed by atoms with van der Waals surface area (Å²) in [5, 5.41) is 35.4. The van der Waals surface area contributed by atoms with E-state index in [-0.39, 0.29) is 38.0 Å². The van der Waals surface area contributed by atoms with Crippen molar-refractivity contribution in [1.82, 2.24) is 0 Å². The Kier molecular flexibility index (Phi) is 15.6. The van der Waals surface area contributed by atoms with E-state index in [1.165, 1.54) is 0 Å². The zero-order chi connectivity index (χ0) is 23.6. The van der Waals surface area contributed by atoms with Crippen molar-refractivity contribution in [3.63, 3.8) is 0 Å². The normalized spacial score (nSPS) is 14.9. The Morgan fingerprint density at radius 3 is 1.00 bits per heavy atom.